The van der Waals surface area contributed by atoms with Gasteiger partial charge in [-0.25, -0.2) is 8.78 Å². The Kier molecular flexibility index (Phi) is 10.1. The van der Waals surface area contributed by atoms with Gasteiger partial charge in [-0.15, -0.1) is 0 Å². The number of carbonyl (C=O) groups excluding carboxylic acids is 2. The molecular formula is C28H20BrF11N2O2. The molecule has 2 amide bonds. The highest BCUT2D eigenvalue weighted by atomic mass is 79.9. The number of unbranched alkanes of at least 4 members (excludes halogenated alkanes) is 1. The Morgan fingerprint density at radius 3 is 1.95 bits per heavy atom. The minimum atomic E-state index is -6.72. The Labute approximate surface area is 251 Å². The molecule has 0 atom stereocenters. The summed E-state index contributed by atoms with van der Waals surface area (Å²) >= 11 is 2.38. The van der Waals surface area contributed by atoms with Crippen LogP contribution in [0.4, 0.5) is 59.7 Å². The summed E-state index contributed by atoms with van der Waals surface area (Å²) in [5, 5.41) is 1.63. The lowest BCUT2D eigenvalue weighted by atomic mass is 9.92. The van der Waals surface area contributed by atoms with Crippen molar-refractivity contribution < 1.29 is 57.9 Å². The molecule has 1 N–H and O–H groups in total. The first-order valence-electron chi connectivity index (χ1n) is 12.5. The van der Waals surface area contributed by atoms with E-state index in [0.717, 1.165) is 23.1 Å². The number of anilines is 2. The molecule has 0 radical (unpaired) electrons. The van der Waals surface area contributed by atoms with Crippen LogP contribution < -0.4 is 10.2 Å². The van der Waals surface area contributed by atoms with Gasteiger partial charge in [-0.2, -0.15) is 39.5 Å². The van der Waals surface area contributed by atoms with Crippen LogP contribution in [-0.2, 0) is 11.8 Å². The van der Waals surface area contributed by atoms with Gasteiger partial charge in [-0.3, -0.25) is 9.59 Å². The summed E-state index contributed by atoms with van der Waals surface area (Å²) in [7, 11) is 0. The Bertz CT molecular complexity index is 1510. The first kappa shape index (κ1) is 34.8. The fraction of sp³-hybridized carbons (Fsp3) is 0.286. The highest BCUT2D eigenvalue weighted by molar-refractivity contribution is 9.10. The van der Waals surface area contributed by atoms with Gasteiger partial charge in [0, 0.05) is 22.1 Å². The van der Waals surface area contributed by atoms with E-state index in [2.05, 4.69) is 15.9 Å². The van der Waals surface area contributed by atoms with E-state index in [1.165, 1.54) is 12.1 Å². The maximum Gasteiger partial charge on any atom is 0.435 e. The van der Waals surface area contributed by atoms with Crippen molar-refractivity contribution >= 4 is 39.1 Å². The Balaban J connectivity index is 2.12. The SMILES string of the molecule is CCCCN(C(=O)c1ccccc1)c1cccc(C(=O)Nc2c(Br)cc(C(F)(C(F)(F)F)C(F)(F)F)cc2C(F)(F)F)c1F. The lowest BCUT2D eigenvalue weighted by Gasteiger charge is -2.31. The van der Waals surface area contributed by atoms with Crippen LogP contribution in [0.5, 0.6) is 0 Å². The van der Waals surface area contributed by atoms with E-state index >= 15 is 4.39 Å². The number of carbonyl (C=O) groups is 2. The van der Waals surface area contributed by atoms with Crippen molar-refractivity contribution in [2.24, 2.45) is 0 Å². The smallest absolute Gasteiger partial charge is 0.320 e. The number of benzene rings is 3. The third-order valence-corrected chi connectivity index (χ3v) is 6.95. The predicted molar refractivity (Wildman–Crippen MR) is 141 cm³/mol. The second-order valence-corrected chi connectivity index (χ2v) is 10.2. The molecule has 0 heterocycles. The molecule has 3 aromatic rings. The average Bonchev–Trinajstić information content (AvgIpc) is 2.92. The zero-order valence-corrected chi connectivity index (χ0v) is 23.8. The zero-order valence-electron chi connectivity index (χ0n) is 22.2. The van der Waals surface area contributed by atoms with Crippen molar-refractivity contribution in [2.45, 2.75) is 44.0 Å². The van der Waals surface area contributed by atoms with E-state index in [9.17, 15) is 53.5 Å². The molecule has 16 heteroatoms. The minimum Gasteiger partial charge on any atom is -0.320 e. The molecule has 3 aromatic carbocycles. The number of hydrogen-bond acceptors (Lipinski definition) is 2. The van der Waals surface area contributed by atoms with Crippen LogP contribution in [0.1, 0.15) is 51.6 Å². The van der Waals surface area contributed by atoms with E-state index in [1.807, 2.05) is 0 Å². The molecule has 0 fully saturated rings. The van der Waals surface area contributed by atoms with Crippen LogP contribution in [0.15, 0.2) is 65.1 Å². The number of hydrogen-bond donors (Lipinski definition) is 1. The lowest BCUT2D eigenvalue weighted by molar-refractivity contribution is -0.348. The quantitative estimate of drug-likeness (QED) is 0.238. The summed E-state index contributed by atoms with van der Waals surface area (Å²) in [6, 6.07) is 9.71. The molecule has 0 saturated carbocycles. The van der Waals surface area contributed by atoms with Crippen molar-refractivity contribution in [1.29, 1.82) is 0 Å². The van der Waals surface area contributed by atoms with E-state index in [0.29, 0.717) is 12.8 Å². The van der Waals surface area contributed by atoms with Crippen molar-refractivity contribution in [3.63, 3.8) is 0 Å². The van der Waals surface area contributed by atoms with E-state index in [1.54, 1.807) is 30.4 Å². The van der Waals surface area contributed by atoms with Crippen molar-refractivity contribution in [3.05, 3.63) is 93.2 Å². The van der Waals surface area contributed by atoms with Crippen molar-refractivity contribution in [3.8, 4) is 0 Å². The topological polar surface area (TPSA) is 49.4 Å². The fourth-order valence-electron chi connectivity index (χ4n) is 4.11. The molecule has 238 valence electrons. The molecular weight excluding hydrogens is 685 g/mol. The monoisotopic (exact) mass is 704 g/mol. The van der Waals surface area contributed by atoms with Gasteiger partial charge in [0.1, 0.15) is 0 Å². The summed E-state index contributed by atoms with van der Waals surface area (Å²) in [5.74, 6) is -3.63. The van der Waals surface area contributed by atoms with Crippen molar-refractivity contribution in [1.82, 2.24) is 0 Å². The van der Waals surface area contributed by atoms with Crippen LogP contribution >= 0.6 is 15.9 Å². The molecule has 4 nitrogen and oxygen atoms in total. The van der Waals surface area contributed by atoms with Crippen molar-refractivity contribution in [2.75, 3.05) is 16.8 Å². The molecule has 0 aromatic heterocycles. The average molecular weight is 705 g/mol. The Morgan fingerprint density at radius 2 is 1.43 bits per heavy atom. The predicted octanol–water partition coefficient (Wildman–Crippen LogP) is 9.60. The van der Waals surface area contributed by atoms with Gasteiger partial charge in [0.15, 0.2) is 5.82 Å². The van der Waals surface area contributed by atoms with Crippen LogP contribution in [0.3, 0.4) is 0 Å². The van der Waals surface area contributed by atoms with Gasteiger partial charge >= 0.3 is 24.2 Å². The second-order valence-electron chi connectivity index (χ2n) is 9.30. The number of nitrogens with zero attached hydrogens (tertiary/aromatic N) is 1. The fourth-order valence-corrected chi connectivity index (χ4v) is 4.67. The molecule has 0 aliphatic carbocycles. The van der Waals surface area contributed by atoms with E-state index in [4.69, 9.17) is 0 Å². The standard InChI is InChI=1S/C28H20BrF11N2O2/c1-2-3-12-42(24(44)15-8-5-4-6-9-15)20-11-7-10-17(21(20)30)23(43)41-22-18(26(32,33)34)13-16(14-19(22)29)25(31,27(35,36)37)28(38,39)40/h4-11,13-14H,2-3,12H2,1H3,(H,41,43). The van der Waals surface area contributed by atoms with Gasteiger partial charge in [-0.1, -0.05) is 37.6 Å². The summed E-state index contributed by atoms with van der Waals surface area (Å²) in [5.41, 5.74) is -13.6. The first-order valence-corrected chi connectivity index (χ1v) is 13.2. The zero-order chi connectivity index (χ0) is 33.3. The third kappa shape index (κ3) is 6.84. The molecule has 0 saturated heterocycles. The van der Waals surface area contributed by atoms with Crippen LogP contribution in [-0.4, -0.2) is 30.7 Å². The van der Waals surface area contributed by atoms with Crippen LogP contribution in [0.2, 0.25) is 0 Å². The van der Waals surface area contributed by atoms with Gasteiger partial charge in [0.2, 0.25) is 0 Å². The van der Waals surface area contributed by atoms with E-state index < -0.39 is 80.4 Å². The van der Waals surface area contributed by atoms with E-state index in [-0.39, 0.29) is 18.2 Å². The summed E-state index contributed by atoms with van der Waals surface area (Å²) in [6.45, 7) is 1.75. The molecule has 3 rings (SSSR count). The maximum atomic E-state index is 15.7. The number of rotatable bonds is 8. The summed E-state index contributed by atoms with van der Waals surface area (Å²) < 4.78 is 150. The summed E-state index contributed by atoms with van der Waals surface area (Å²) in [6.07, 6.45) is -18.2. The van der Waals surface area contributed by atoms with Gasteiger partial charge in [0.05, 0.1) is 22.5 Å². The highest BCUT2D eigenvalue weighted by Gasteiger charge is 2.73. The molecule has 0 bridgehead atoms. The second kappa shape index (κ2) is 12.7. The molecule has 0 spiro atoms. The summed E-state index contributed by atoms with van der Waals surface area (Å²) in [4.78, 5) is 27.2. The maximum absolute atomic E-state index is 15.7. The van der Waals surface area contributed by atoms with Gasteiger partial charge in [0.25, 0.3) is 11.8 Å². The molecule has 0 unspecified atom stereocenters. The molecule has 44 heavy (non-hydrogen) atoms. The number of alkyl halides is 10. The minimum absolute atomic E-state index is 0.0269. The third-order valence-electron chi connectivity index (χ3n) is 6.33. The Morgan fingerprint density at radius 1 is 0.841 bits per heavy atom. The number of amides is 2. The molecule has 0 aliphatic heterocycles. The largest absolute Gasteiger partial charge is 0.435 e. The van der Waals surface area contributed by atoms with Crippen LogP contribution in [0.25, 0.3) is 0 Å². The molecule has 0 aliphatic rings. The number of halogens is 12. The van der Waals surface area contributed by atoms with Gasteiger partial charge < -0.3 is 10.2 Å². The first-order chi connectivity index (χ1) is 20.3. The lowest BCUT2D eigenvalue weighted by Crippen LogP contribution is -2.50. The van der Waals surface area contributed by atoms with Crippen LogP contribution in [0, 0.1) is 5.82 Å². The highest BCUT2D eigenvalue weighted by Crippen LogP contribution is 2.55. The Hall–Kier alpha value is -3.69. The van der Waals surface area contributed by atoms with Gasteiger partial charge in [-0.05, 0) is 58.7 Å². The number of nitrogens with one attached hydrogen (secondary N) is 1. The normalized spacial score (nSPS) is 12.7.